The zero-order valence-electron chi connectivity index (χ0n) is 11.5. The normalized spacial score (nSPS) is 10.6. The van der Waals surface area contributed by atoms with Crippen molar-refractivity contribution in [2.24, 2.45) is 0 Å². The second kappa shape index (κ2) is 7.05. The molecule has 1 N–H and O–H groups in total. The molecule has 0 unspecified atom stereocenters. The molecule has 0 aliphatic heterocycles. The number of thiocarbonyl (C=S) groups is 1. The average Bonchev–Trinajstić information content (AvgIpc) is 2.55. The molecule has 0 bridgehead atoms. The summed E-state index contributed by atoms with van der Waals surface area (Å²) >= 11 is 12.8. The fourth-order valence-electron chi connectivity index (χ4n) is 1.92. The van der Waals surface area contributed by atoms with Gasteiger partial charge in [0.1, 0.15) is 9.35 Å². The number of para-hydroxylation sites is 2. The van der Waals surface area contributed by atoms with E-state index >= 15 is 0 Å². The van der Waals surface area contributed by atoms with Gasteiger partial charge in [-0.15, -0.1) is 0 Å². The second-order valence-corrected chi connectivity index (χ2v) is 6.56. The van der Waals surface area contributed by atoms with Gasteiger partial charge in [-0.3, -0.25) is 0 Å². The van der Waals surface area contributed by atoms with Gasteiger partial charge in [0, 0.05) is 6.54 Å². The van der Waals surface area contributed by atoms with Crippen LogP contribution in [0.2, 0.25) is 5.15 Å². The Hall–Kier alpha value is -1.69. The van der Waals surface area contributed by atoms with Crippen LogP contribution in [0.4, 0.5) is 0 Å². The van der Waals surface area contributed by atoms with Crippen molar-refractivity contribution in [3.05, 3.63) is 65.3 Å². The van der Waals surface area contributed by atoms with Crippen LogP contribution in [0.5, 0.6) is 0 Å². The van der Waals surface area contributed by atoms with E-state index in [9.17, 15) is 0 Å². The molecule has 2 aromatic carbocycles. The Bertz CT molecular complexity index is 809. The lowest BCUT2D eigenvalue weighted by Gasteiger charge is -2.08. The maximum atomic E-state index is 6.18. The molecule has 0 amide bonds. The second-order valence-electron chi connectivity index (χ2n) is 4.54. The first-order valence-corrected chi connectivity index (χ1v) is 8.24. The lowest BCUT2D eigenvalue weighted by atomic mass is 10.2. The Morgan fingerprint density at radius 2 is 1.64 bits per heavy atom. The highest BCUT2D eigenvalue weighted by Crippen LogP contribution is 2.26. The van der Waals surface area contributed by atoms with E-state index in [0.717, 1.165) is 11.0 Å². The third kappa shape index (κ3) is 3.74. The number of halogens is 1. The van der Waals surface area contributed by atoms with E-state index in [1.54, 1.807) is 0 Å². The lowest BCUT2D eigenvalue weighted by molar-refractivity contribution is 0.939. The van der Waals surface area contributed by atoms with Crippen LogP contribution in [0.15, 0.2) is 59.6 Å². The van der Waals surface area contributed by atoms with Crippen LogP contribution in [0.3, 0.4) is 0 Å². The molecule has 0 aliphatic carbocycles. The quantitative estimate of drug-likeness (QED) is 0.560. The molecule has 3 rings (SSSR count). The van der Waals surface area contributed by atoms with Gasteiger partial charge in [-0.2, -0.15) is 0 Å². The van der Waals surface area contributed by atoms with Crippen LogP contribution in [0.25, 0.3) is 11.0 Å². The number of hydrogen-bond acceptors (Lipinski definition) is 4. The largest absolute Gasteiger partial charge is 0.367 e. The fourth-order valence-corrected chi connectivity index (χ4v) is 3.07. The van der Waals surface area contributed by atoms with E-state index in [1.807, 2.05) is 54.6 Å². The maximum absolute atomic E-state index is 6.18. The van der Waals surface area contributed by atoms with Crippen molar-refractivity contribution in [2.75, 3.05) is 0 Å². The molecule has 3 aromatic rings. The average molecular weight is 346 g/mol. The van der Waals surface area contributed by atoms with E-state index < -0.39 is 0 Å². The van der Waals surface area contributed by atoms with Crippen molar-refractivity contribution in [3.63, 3.8) is 0 Å². The van der Waals surface area contributed by atoms with Gasteiger partial charge in [0.15, 0.2) is 5.15 Å². The molecule has 0 spiro atoms. The first-order chi connectivity index (χ1) is 10.7. The van der Waals surface area contributed by atoms with Crippen LogP contribution >= 0.6 is 35.6 Å². The van der Waals surface area contributed by atoms with Crippen molar-refractivity contribution in [1.29, 1.82) is 0 Å². The Kier molecular flexibility index (Phi) is 4.87. The van der Waals surface area contributed by atoms with Crippen LogP contribution in [-0.2, 0) is 6.54 Å². The standard InChI is InChI=1S/C16H12ClN3S2/c17-14-15(20-13-9-5-4-8-12(13)19-14)22-16(21)18-10-11-6-2-1-3-7-11/h1-9H,10H2,(H,18,21). The maximum Gasteiger partial charge on any atom is 0.162 e. The van der Waals surface area contributed by atoms with Gasteiger partial charge in [-0.05, 0) is 29.5 Å². The van der Waals surface area contributed by atoms with Crippen molar-refractivity contribution in [2.45, 2.75) is 11.6 Å². The highest BCUT2D eigenvalue weighted by atomic mass is 35.5. The van der Waals surface area contributed by atoms with Gasteiger partial charge >= 0.3 is 0 Å². The molecule has 0 atom stereocenters. The van der Waals surface area contributed by atoms with E-state index in [-0.39, 0.29) is 0 Å². The minimum Gasteiger partial charge on any atom is -0.367 e. The van der Waals surface area contributed by atoms with Gasteiger partial charge in [-0.25, -0.2) is 9.97 Å². The number of benzene rings is 2. The molecule has 22 heavy (non-hydrogen) atoms. The van der Waals surface area contributed by atoms with E-state index in [2.05, 4.69) is 15.3 Å². The summed E-state index contributed by atoms with van der Waals surface area (Å²) in [6.07, 6.45) is 0. The predicted octanol–water partition coefficient (Wildman–Crippen LogP) is 4.45. The zero-order chi connectivity index (χ0) is 15.4. The molecule has 6 heteroatoms. The number of thioether (sulfide) groups is 1. The summed E-state index contributed by atoms with van der Waals surface area (Å²) in [6.45, 7) is 0.672. The van der Waals surface area contributed by atoms with Crippen LogP contribution in [-0.4, -0.2) is 14.3 Å². The highest BCUT2D eigenvalue weighted by Gasteiger charge is 2.10. The third-order valence-electron chi connectivity index (χ3n) is 2.97. The summed E-state index contributed by atoms with van der Waals surface area (Å²) in [5.41, 5.74) is 2.75. The molecule has 1 aromatic heterocycles. The number of aromatic nitrogens is 2. The summed E-state index contributed by atoms with van der Waals surface area (Å²) in [5.74, 6) is 0. The summed E-state index contributed by atoms with van der Waals surface area (Å²) in [6, 6.07) is 17.7. The molecule has 0 aliphatic rings. The smallest absolute Gasteiger partial charge is 0.162 e. The van der Waals surface area contributed by atoms with Crippen molar-refractivity contribution in [1.82, 2.24) is 15.3 Å². The summed E-state index contributed by atoms with van der Waals surface area (Å²) in [7, 11) is 0. The van der Waals surface area contributed by atoms with Gasteiger partial charge in [0.05, 0.1) is 11.0 Å². The number of rotatable bonds is 3. The van der Waals surface area contributed by atoms with E-state index in [1.165, 1.54) is 17.3 Å². The van der Waals surface area contributed by atoms with E-state index in [0.29, 0.717) is 21.0 Å². The number of hydrogen-bond donors (Lipinski definition) is 1. The number of nitrogens with zero attached hydrogens (tertiary/aromatic N) is 2. The Morgan fingerprint density at radius 3 is 2.36 bits per heavy atom. The monoisotopic (exact) mass is 345 g/mol. The minimum absolute atomic E-state index is 0.368. The third-order valence-corrected chi connectivity index (χ3v) is 4.55. The molecule has 1 heterocycles. The Morgan fingerprint density at radius 1 is 1.00 bits per heavy atom. The topological polar surface area (TPSA) is 37.8 Å². The van der Waals surface area contributed by atoms with Gasteiger partial charge in [0.25, 0.3) is 0 Å². The van der Waals surface area contributed by atoms with Crippen LogP contribution in [0, 0.1) is 0 Å². The van der Waals surface area contributed by atoms with Crippen molar-refractivity contribution >= 4 is 50.9 Å². The molecule has 0 saturated heterocycles. The molecule has 0 saturated carbocycles. The van der Waals surface area contributed by atoms with E-state index in [4.69, 9.17) is 23.8 Å². The van der Waals surface area contributed by atoms with Gasteiger partial charge < -0.3 is 5.32 Å². The lowest BCUT2D eigenvalue weighted by Crippen LogP contribution is -2.17. The first kappa shape index (κ1) is 15.2. The first-order valence-electron chi connectivity index (χ1n) is 6.64. The molecular formula is C16H12ClN3S2. The van der Waals surface area contributed by atoms with Crippen LogP contribution in [0.1, 0.15) is 5.56 Å². The molecular weight excluding hydrogens is 334 g/mol. The van der Waals surface area contributed by atoms with Crippen molar-refractivity contribution in [3.8, 4) is 0 Å². The minimum atomic E-state index is 0.368. The SMILES string of the molecule is S=C(NCc1ccccc1)Sc1nc2ccccc2nc1Cl. The molecule has 110 valence electrons. The number of fused-ring (bicyclic) bond motifs is 1. The molecule has 0 radical (unpaired) electrons. The van der Waals surface area contributed by atoms with Crippen molar-refractivity contribution < 1.29 is 0 Å². The predicted molar refractivity (Wildman–Crippen MR) is 96.3 cm³/mol. The van der Waals surface area contributed by atoms with Gasteiger partial charge in [-0.1, -0.05) is 66.3 Å². The zero-order valence-corrected chi connectivity index (χ0v) is 13.9. The Labute approximate surface area is 143 Å². The summed E-state index contributed by atoms with van der Waals surface area (Å²) in [5, 5.41) is 4.18. The summed E-state index contributed by atoms with van der Waals surface area (Å²) < 4.78 is 0.621. The number of nitrogens with one attached hydrogen (secondary N) is 1. The fraction of sp³-hybridized carbons (Fsp3) is 0.0625. The Balaban J connectivity index is 1.70. The van der Waals surface area contributed by atoms with Crippen LogP contribution < -0.4 is 5.32 Å². The highest BCUT2D eigenvalue weighted by molar-refractivity contribution is 8.23. The summed E-state index contributed by atoms with van der Waals surface area (Å²) in [4.78, 5) is 8.85. The molecule has 3 nitrogen and oxygen atoms in total. The molecule has 0 fully saturated rings. The van der Waals surface area contributed by atoms with Gasteiger partial charge in [0.2, 0.25) is 0 Å².